The number of fused-ring (bicyclic) bond motifs is 1. The number of rotatable bonds is 4. The van der Waals surface area contributed by atoms with Gasteiger partial charge in [0.25, 0.3) is 0 Å². The lowest BCUT2D eigenvalue weighted by Crippen LogP contribution is -2.34. The second-order valence-corrected chi connectivity index (χ2v) is 6.93. The van der Waals surface area contributed by atoms with Crippen LogP contribution in [0, 0.1) is 0 Å². The maximum atomic E-state index is 12.8. The molecule has 27 heavy (non-hydrogen) atoms. The van der Waals surface area contributed by atoms with Crippen LogP contribution >= 0.6 is 0 Å². The number of benzene rings is 2. The lowest BCUT2D eigenvalue weighted by Gasteiger charge is -2.20. The molecule has 0 spiro atoms. The topological polar surface area (TPSA) is 69.2 Å². The van der Waals surface area contributed by atoms with Crippen molar-refractivity contribution in [3.05, 3.63) is 77.0 Å². The van der Waals surface area contributed by atoms with E-state index in [1.54, 1.807) is 0 Å². The Balaban J connectivity index is 1.45. The largest absolute Gasteiger partial charge is 0.392 e. The molecule has 1 amide bonds. The highest BCUT2D eigenvalue weighted by Gasteiger charge is 2.23. The van der Waals surface area contributed by atoms with Crippen LogP contribution in [-0.4, -0.2) is 39.2 Å². The molecule has 138 valence electrons. The molecule has 5 heteroatoms. The van der Waals surface area contributed by atoms with Gasteiger partial charge in [0.15, 0.2) is 0 Å². The van der Waals surface area contributed by atoms with Crippen LogP contribution in [-0.2, 0) is 30.7 Å². The zero-order chi connectivity index (χ0) is 18.6. The van der Waals surface area contributed by atoms with E-state index in [1.165, 1.54) is 5.56 Å². The Bertz CT molecular complexity index is 916. The van der Waals surface area contributed by atoms with Crippen molar-refractivity contribution in [3.8, 4) is 11.3 Å². The van der Waals surface area contributed by atoms with E-state index in [-0.39, 0.29) is 12.5 Å². The molecule has 0 radical (unpaired) electrons. The molecule has 0 saturated heterocycles. The highest BCUT2D eigenvalue weighted by atomic mass is 16.3. The number of hydrogen-bond acceptors (Lipinski definition) is 3. The molecule has 0 atom stereocenters. The SMILES string of the molecule is O=C(Cc1ccc(CO)cc1)N1CCc2[nH]nc(-c3ccccc3)c2CC1. The molecular formula is C22H23N3O2. The molecule has 0 saturated carbocycles. The first kappa shape index (κ1) is 17.5. The molecule has 4 rings (SSSR count). The van der Waals surface area contributed by atoms with Gasteiger partial charge in [-0.25, -0.2) is 0 Å². The molecule has 0 fully saturated rings. The van der Waals surface area contributed by atoms with E-state index in [4.69, 9.17) is 5.11 Å². The van der Waals surface area contributed by atoms with E-state index in [0.717, 1.165) is 40.9 Å². The summed E-state index contributed by atoms with van der Waals surface area (Å²) in [6, 6.07) is 17.8. The normalized spacial score (nSPS) is 13.9. The van der Waals surface area contributed by atoms with E-state index >= 15 is 0 Å². The van der Waals surface area contributed by atoms with Crippen LogP contribution in [0.1, 0.15) is 22.4 Å². The molecule has 0 aliphatic carbocycles. The third kappa shape index (κ3) is 3.78. The predicted octanol–water partition coefficient (Wildman–Crippen LogP) is 2.74. The maximum absolute atomic E-state index is 12.8. The third-order valence-electron chi connectivity index (χ3n) is 5.18. The summed E-state index contributed by atoms with van der Waals surface area (Å²) in [5.41, 5.74) is 6.31. The van der Waals surface area contributed by atoms with Crippen molar-refractivity contribution >= 4 is 5.91 Å². The molecule has 5 nitrogen and oxygen atoms in total. The minimum atomic E-state index is 0.0237. The quantitative estimate of drug-likeness (QED) is 0.751. The van der Waals surface area contributed by atoms with Gasteiger partial charge in [-0.3, -0.25) is 9.89 Å². The minimum Gasteiger partial charge on any atom is -0.392 e. The van der Waals surface area contributed by atoms with Gasteiger partial charge >= 0.3 is 0 Å². The van der Waals surface area contributed by atoms with E-state index in [1.807, 2.05) is 47.4 Å². The van der Waals surface area contributed by atoms with Gasteiger partial charge in [0.1, 0.15) is 0 Å². The number of hydrogen-bond donors (Lipinski definition) is 2. The van der Waals surface area contributed by atoms with E-state index in [0.29, 0.717) is 19.5 Å². The maximum Gasteiger partial charge on any atom is 0.227 e. The van der Waals surface area contributed by atoms with Crippen molar-refractivity contribution in [1.29, 1.82) is 0 Å². The molecule has 2 aromatic carbocycles. The van der Waals surface area contributed by atoms with Crippen LogP contribution in [0.2, 0.25) is 0 Å². The number of H-pyrrole nitrogens is 1. The fourth-order valence-electron chi connectivity index (χ4n) is 3.62. The Labute approximate surface area is 158 Å². The van der Waals surface area contributed by atoms with Crippen LogP contribution in [0.15, 0.2) is 54.6 Å². The van der Waals surface area contributed by atoms with Gasteiger partial charge in [-0.15, -0.1) is 0 Å². The average molecular weight is 361 g/mol. The molecule has 0 bridgehead atoms. The van der Waals surface area contributed by atoms with Crippen molar-refractivity contribution in [2.24, 2.45) is 0 Å². The average Bonchev–Trinajstić information content (AvgIpc) is 3.00. The van der Waals surface area contributed by atoms with Crippen LogP contribution in [0.3, 0.4) is 0 Å². The molecule has 2 heterocycles. The van der Waals surface area contributed by atoms with Gasteiger partial charge in [-0.05, 0) is 17.5 Å². The van der Waals surface area contributed by atoms with Crippen molar-refractivity contribution in [3.63, 3.8) is 0 Å². The monoisotopic (exact) mass is 361 g/mol. The zero-order valence-corrected chi connectivity index (χ0v) is 15.2. The van der Waals surface area contributed by atoms with Crippen molar-refractivity contribution in [1.82, 2.24) is 15.1 Å². The fraction of sp³-hybridized carbons (Fsp3) is 0.273. The van der Waals surface area contributed by atoms with Gasteiger partial charge in [0, 0.05) is 36.3 Å². The number of aromatic nitrogens is 2. The molecule has 1 aromatic heterocycles. The second-order valence-electron chi connectivity index (χ2n) is 6.93. The Morgan fingerprint density at radius 2 is 1.70 bits per heavy atom. The molecule has 1 aliphatic rings. The lowest BCUT2D eigenvalue weighted by molar-refractivity contribution is -0.130. The Morgan fingerprint density at radius 1 is 1.00 bits per heavy atom. The summed E-state index contributed by atoms with van der Waals surface area (Å²) in [6.45, 7) is 1.44. The molecule has 2 N–H and O–H groups in total. The number of amides is 1. The van der Waals surface area contributed by atoms with Gasteiger partial charge in [-0.1, -0.05) is 54.6 Å². The number of nitrogens with one attached hydrogen (secondary N) is 1. The Hall–Kier alpha value is -2.92. The van der Waals surface area contributed by atoms with E-state index < -0.39 is 0 Å². The zero-order valence-electron chi connectivity index (χ0n) is 15.2. The fourth-order valence-corrected chi connectivity index (χ4v) is 3.62. The number of carbonyl (C=O) groups excluding carboxylic acids is 1. The predicted molar refractivity (Wildman–Crippen MR) is 104 cm³/mol. The summed E-state index contributed by atoms with van der Waals surface area (Å²) in [6.07, 6.45) is 2.00. The van der Waals surface area contributed by atoms with Gasteiger partial charge < -0.3 is 10.0 Å². The Morgan fingerprint density at radius 3 is 2.44 bits per heavy atom. The number of carbonyl (C=O) groups is 1. The number of nitrogens with zero attached hydrogens (tertiary/aromatic N) is 2. The minimum absolute atomic E-state index is 0.0237. The van der Waals surface area contributed by atoms with E-state index in [9.17, 15) is 4.79 Å². The summed E-state index contributed by atoms with van der Waals surface area (Å²) < 4.78 is 0. The van der Waals surface area contributed by atoms with Crippen LogP contribution in [0.5, 0.6) is 0 Å². The van der Waals surface area contributed by atoms with Gasteiger partial charge in [0.2, 0.25) is 5.91 Å². The van der Waals surface area contributed by atoms with Crippen molar-refractivity contribution in [2.75, 3.05) is 13.1 Å². The standard InChI is InChI=1S/C22H23N3O2/c26-15-17-8-6-16(7-9-17)14-21(27)25-12-10-19-20(11-13-25)23-24-22(19)18-4-2-1-3-5-18/h1-9,26H,10-15H2,(H,23,24). The highest BCUT2D eigenvalue weighted by molar-refractivity contribution is 5.79. The molecule has 0 unspecified atom stereocenters. The number of aliphatic hydroxyl groups excluding tert-OH is 1. The Kier molecular flexibility index (Phi) is 5.03. The van der Waals surface area contributed by atoms with Crippen LogP contribution in [0.4, 0.5) is 0 Å². The van der Waals surface area contributed by atoms with Gasteiger partial charge in [0.05, 0.1) is 18.7 Å². The van der Waals surface area contributed by atoms with Crippen molar-refractivity contribution < 1.29 is 9.90 Å². The first-order valence-corrected chi connectivity index (χ1v) is 9.32. The third-order valence-corrected chi connectivity index (χ3v) is 5.18. The first-order chi connectivity index (χ1) is 13.2. The van der Waals surface area contributed by atoms with Crippen LogP contribution < -0.4 is 0 Å². The summed E-state index contributed by atoms with van der Waals surface area (Å²) in [5.74, 6) is 0.145. The summed E-state index contributed by atoms with van der Waals surface area (Å²) in [7, 11) is 0. The second kappa shape index (κ2) is 7.76. The van der Waals surface area contributed by atoms with Crippen LogP contribution in [0.25, 0.3) is 11.3 Å². The molecule has 3 aromatic rings. The first-order valence-electron chi connectivity index (χ1n) is 9.32. The highest BCUT2D eigenvalue weighted by Crippen LogP contribution is 2.26. The molecule has 1 aliphatic heterocycles. The van der Waals surface area contributed by atoms with Gasteiger partial charge in [-0.2, -0.15) is 5.10 Å². The number of aliphatic hydroxyl groups is 1. The summed E-state index contributed by atoms with van der Waals surface area (Å²) in [4.78, 5) is 14.7. The molecular weight excluding hydrogens is 338 g/mol. The smallest absolute Gasteiger partial charge is 0.227 e. The van der Waals surface area contributed by atoms with Crippen molar-refractivity contribution in [2.45, 2.75) is 25.9 Å². The number of aromatic amines is 1. The summed E-state index contributed by atoms with van der Waals surface area (Å²) >= 11 is 0. The summed E-state index contributed by atoms with van der Waals surface area (Å²) in [5, 5.41) is 16.8. The van der Waals surface area contributed by atoms with E-state index in [2.05, 4.69) is 22.3 Å². The lowest BCUT2D eigenvalue weighted by atomic mass is 10.0.